The fourth-order valence-electron chi connectivity index (χ4n) is 1.49. The summed E-state index contributed by atoms with van der Waals surface area (Å²) in [6.07, 6.45) is 3.16. The highest BCUT2D eigenvalue weighted by molar-refractivity contribution is 5.99. The largest absolute Gasteiger partial charge is 0.343 e. The molecule has 1 heterocycles. The van der Waals surface area contributed by atoms with Crippen LogP contribution in [0.5, 0.6) is 0 Å². The van der Waals surface area contributed by atoms with Gasteiger partial charge in [-0.1, -0.05) is 18.2 Å². The van der Waals surface area contributed by atoms with E-state index < -0.39 is 0 Å². The first kappa shape index (κ1) is 12.8. The van der Waals surface area contributed by atoms with E-state index in [0.29, 0.717) is 11.3 Å². The van der Waals surface area contributed by atoms with E-state index >= 15 is 0 Å². The van der Waals surface area contributed by atoms with Gasteiger partial charge < -0.3 is 10.6 Å². The number of hydrogen-bond donors (Lipinski definition) is 2. The highest BCUT2D eigenvalue weighted by Crippen LogP contribution is 2.02. The van der Waals surface area contributed by atoms with Crippen LogP contribution in [-0.4, -0.2) is 23.3 Å². The summed E-state index contributed by atoms with van der Waals surface area (Å²) in [6.45, 7) is -0.0734. The molecule has 5 nitrogen and oxygen atoms in total. The first-order valence-corrected chi connectivity index (χ1v) is 5.79. The quantitative estimate of drug-likeness (QED) is 0.868. The Morgan fingerprint density at radius 3 is 2.37 bits per heavy atom. The molecule has 1 aromatic heterocycles. The molecule has 19 heavy (non-hydrogen) atoms. The predicted molar refractivity (Wildman–Crippen MR) is 71.6 cm³/mol. The Balaban J connectivity index is 1.83. The summed E-state index contributed by atoms with van der Waals surface area (Å²) in [6, 6.07) is 12.1. The van der Waals surface area contributed by atoms with Crippen LogP contribution in [0.1, 0.15) is 10.4 Å². The molecule has 0 saturated carbocycles. The van der Waals surface area contributed by atoms with Crippen LogP contribution in [0.15, 0.2) is 54.9 Å². The number of pyridine rings is 1. The van der Waals surface area contributed by atoms with Crippen LogP contribution < -0.4 is 10.6 Å². The van der Waals surface area contributed by atoms with Gasteiger partial charge in [-0.25, -0.2) is 0 Å². The molecule has 1 aromatic carbocycles. The van der Waals surface area contributed by atoms with Crippen LogP contribution >= 0.6 is 0 Å². The summed E-state index contributed by atoms with van der Waals surface area (Å²) >= 11 is 0. The van der Waals surface area contributed by atoms with E-state index in [0.717, 1.165) is 0 Å². The molecule has 0 aliphatic carbocycles. The van der Waals surface area contributed by atoms with Gasteiger partial charge in [-0.2, -0.15) is 0 Å². The summed E-state index contributed by atoms with van der Waals surface area (Å²) in [5.74, 6) is -0.555. The SMILES string of the molecule is O=C(CNC(=O)c1ccccc1)Nc1ccncc1. The van der Waals surface area contributed by atoms with Gasteiger partial charge in [0.2, 0.25) is 5.91 Å². The highest BCUT2D eigenvalue weighted by Gasteiger charge is 2.07. The maximum absolute atomic E-state index is 11.7. The van der Waals surface area contributed by atoms with Gasteiger partial charge in [0.1, 0.15) is 0 Å². The highest BCUT2D eigenvalue weighted by atomic mass is 16.2. The third-order valence-electron chi connectivity index (χ3n) is 2.41. The Kier molecular flexibility index (Phi) is 4.23. The number of aromatic nitrogens is 1. The van der Waals surface area contributed by atoms with Crippen LogP contribution in [0.25, 0.3) is 0 Å². The van der Waals surface area contributed by atoms with E-state index in [1.165, 1.54) is 0 Å². The third-order valence-corrected chi connectivity index (χ3v) is 2.41. The van der Waals surface area contributed by atoms with Crippen molar-refractivity contribution >= 4 is 17.5 Å². The van der Waals surface area contributed by atoms with E-state index in [-0.39, 0.29) is 18.4 Å². The van der Waals surface area contributed by atoms with Crippen molar-refractivity contribution in [2.45, 2.75) is 0 Å². The van der Waals surface area contributed by atoms with E-state index in [9.17, 15) is 9.59 Å². The Morgan fingerprint density at radius 1 is 1.00 bits per heavy atom. The molecule has 2 N–H and O–H groups in total. The molecule has 0 fully saturated rings. The van der Waals surface area contributed by atoms with E-state index in [4.69, 9.17) is 0 Å². The maximum Gasteiger partial charge on any atom is 0.251 e. The van der Waals surface area contributed by atoms with Crippen molar-refractivity contribution in [3.05, 3.63) is 60.4 Å². The zero-order valence-electron chi connectivity index (χ0n) is 10.2. The second-order valence-electron chi connectivity index (χ2n) is 3.83. The van der Waals surface area contributed by atoms with Crippen LogP contribution in [0, 0.1) is 0 Å². The topological polar surface area (TPSA) is 71.1 Å². The second kappa shape index (κ2) is 6.30. The minimum absolute atomic E-state index is 0.0734. The molecule has 0 aliphatic rings. The van der Waals surface area contributed by atoms with Gasteiger partial charge in [0.15, 0.2) is 0 Å². The molecule has 0 aliphatic heterocycles. The molecule has 0 saturated heterocycles. The van der Waals surface area contributed by atoms with Gasteiger partial charge in [0.05, 0.1) is 6.54 Å². The lowest BCUT2D eigenvalue weighted by Crippen LogP contribution is -2.32. The fourth-order valence-corrected chi connectivity index (χ4v) is 1.49. The molecule has 5 heteroatoms. The first-order chi connectivity index (χ1) is 9.25. The lowest BCUT2D eigenvalue weighted by Gasteiger charge is -2.06. The number of hydrogen-bond acceptors (Lipinski definition) is 3. The summed E-state index contributed by atoms with van der Waals surface area (Å²) < 4.78 is 0. The minimum atomic E-state index is -0.282. The van der Waals surface area contributed by atoms with Crippen molar-refractivity contribution in [2.75, 3.05) is 11.9 Å². The van der Waals surface area contributed by atoms with Crippen molar-refractivity contribution in [3.63, 3.8) is 0 Å². The van der Waals surface area contributed by atoms with Crippen molar-refractivity contribution in [3.8, 4) is 0 Å². The smallest absolute Gasteiger partial charge is 0.251 e. The van der Waals surface area contributed by atoms with Crippen LogP contribution in [0.3, 0.4) is 0 Å². The van der Waals surface area contributed by atoms with Crippen LogP contribution in [0.4, 0.5) is 5.69 Å². The van der Waals surface area contributed by atoms with Gasteiger partial charge in [0, 0.05) is 23.6 Å². The third kappa shape index (κ3) is 3.92. The molecule has 96 valence electrons. The first-order valence-electron chi connectivity index (χ1n) is 5.79. The maximum atomic E-state index is 11.7. The van der Waals surface area contributed by atoms with E-state index in [2.05, 4.69) is 15.6 Å². The number of anilines is 1. The number of carbonyl (C=O) groups excluding carboxylic acids is 2. The van der Waals surface area contributed by atoms with Crippen LogP contribution in [0.2, 0.25) is 0 Å². The zero-order valence-corrected chi connectivity index (χ0v) is 10.2. The Morgan fingerprint density at radius 2 is 1.68 bits per heavy atom. The lowest BCUT2D eigenvalue weighted by atomic mass is 10.2. The molecule has 0 bridgehead atoms. The zero-order chi connectivity index (χ0) is 13.5. The number of nitrogens with one attached hydrogen (secondary N) is 2. The van der Waals surface area contributed by atoms with Gasteiger partial charge >= 0.3 is 0 Å². The predicted octanol–water partition coefficient (Wildman–Crippen LogP) is 1.45. The molecular formula is C14H13N3O2. The number of nitrogens with zero attached hydrogens (tertiary/aromatic N) is 1. The number of benzene rings is 1. The summed E-state index contributed by atoms with van der Waals surface area (Å²) in [4.78, 5) is 27.1. The van der Waals surface area contributed by atoms with E-state index in [1.807, 2.05) is 6.07 Å². The summed E-state index contributed by atoms with van der Waals surface area (Å²) in [5.41, 5.74) is 1.17. The minimum Gasteiger partial charge on any atom is -0.343 e. The van der Waals surface area contributed by atoms with Gasteiger partial charge in [0.25, 0.3) is 5.91 Å². The summed E-state index contributed by atoms with van der Waals surface area (Å²) in [5, 5.41) is 5.21. The molecular weight excluding hydrogens is 242 g/mol. The van der Waals surface area contributed by atoms with Crippen molar-refractivity contribution < 1.29 is 9.59 Å². The molecule has 0 unspecified atom stereocenters. The van der Waals surface area contributed by atoms with Crippen molar-refractivity contribution in [1.29, 1.82) is 0 Å². The number of amides is 2. The monoisotopic (exact) mass is 255 g/mol. The number of rotatable bonds is 4. The molecule has 0 atom stereocenters. The Bertz CT molecular complexity index is 555. The van der Waals surface area contributed by atoms with Crippen LogP contribution in [-0.2, 0) is 4.79 Å². The van der Waals surface area contributed by atoms with Crippen molar-refractivity contribution in [2.24, 2.45) is 0 Å². The average molecular weight is 255 g/mol. The van der Waals surface area contributed by atoms with Crippen molar-refractivity contribution in [1.82, 2.24) is 10.3 Å². The Labute approximate surface area is 110 Å². The molecule has 0 radical (unpaired) electrons. The molecule has 0 spiro atoms. The molecule has 2 aromatic rings. The standard InChI is InChI=1S/C14H13N3O2/c18-13(17-12-6-8-15-9-7-12)10-16-14(19)11-4-2-1-3-5-11/h1-9H,10H2,(H,16,19)(H,15,17,18). The van der Waals surface area contributed by atoms with Gasteiger partial charge in [-0.05, 0) is 24.3 Å². The van der Waals surface area contributed by atoms with Gasteiger partial charge in [-0.15, -0.1) is 0 Å². The fraction of sp³-hybridized carbons (Fsp3) is 0.0714. The number of carbonyl (C=O) groups is 2. The summed E-state index contributed by atoms with van der Waals surface area (Å²) in [7, 11) is 0. The molecule has 2 rings (SSSR count). The second-order valence-corrected chi connectivity index (χ2v) is 3.83. The van der Waals surface area contributed by atoms with E-state index in [1.54, 1.807) is 48.8 Å². The molecule has 2 amide bonds. The normalized spacial score (nSPS) is 9.68. The lowest BCUT2D eigenvalue weighted by molar-refractivity contribution is -0.115. The van der Waals surface area contributed by atoms with Gasteiger partial charge in [-0.3, -0.25) is 14.6 Å². The Hall–Kier alpha value is -2.69. The average Bonchev–Trinajstić information content (AvgIpc) is 2.47.